The Bertz CT molecular complexity index is 730. The molecule has 1 N–H and O–H groups in total. The molecule has 5 heteroatoms. The first-order chi connectivity index (χ1) is 11.7. The summed E-state index contributed by atoms with van der Waals surface area (Å²) in [6, 6.07) is 11.1. The summed E-state index contributed by atoms with van der Waals surface area (Å²) in [6.07, 6.45) is 6.59. The van der Waals surface area contributed by atoms with E-state index in [0.717, 1.165) is 24.8 Å². The molecule has 124 valence electrons. The van der Waals surface area contributed by atoms with Crippen LogP contribution in [0, 0.1) is 0 Å². The minimum atomic E-state index is -0.183. The highest BCUT2D eigenvalue weighted by molar-refractivity contribution is 6.03. The molecule has 0 bridgehead atoms. The van der Waals surface area contributed by atoms with Gasteiger partial charge in [-0.05, 0) is 43.0 Å². The second-order valence-corrected chi connectivity index (χ2v) is 6.02. The van der Waals surface area contributed by atoms with Gasteiger partial charge in [0.2, 0.25) is 5.91 Å². The lowest BCUT2D eigenvalue weighted by atomic mass is 9.95. The molecular formula is C19H21N3O2. The number of hydrogen-bond donors (Lipinski definition) is 1. The van der Waals surface area contributed by atoms with Crippen molar-refractivity contribution >= 4 is 17.5 Å². The largest absolute Gasteiger partial charge is 0.331 e. The van der Waals surface area contributed by atoms with Crippen LogP contribution in [0.5, 0.6) is 0 Å². The molecule has 1 aliphatic rings. The van der Waals surface area contributed by atoms with E-state index in [2.05, 4.69) is 10.3 Å². The quantitative estimate of drug-likeness (QED) is 0.941. The summed E-state index contributed by atoms with van der Waals surface area (Å²) in [6.45, 7) is 2.16. The average Bonchev–Trinajstić information content (AvgIpc) is 2.62. The molecule has 1 aliphatic heterocycles. The van der Waals surface area contributed by atoms with Crippen LogP contribution < -0.4 is 5.32 Å². The predicted octanol–water partition coefficient (Wildman–Crippen LogP) is 3.41. The lowest BCUT2D eigenvalue weighted by Crippen LogP contribution is -2.38. The smallest absolute Gasteiger partial charge is 0.256 e. The monoisotopic (exact) mass is 323 g/mol. The summed E-state index contributed by atoms with van der Waals surface area (Å²) < 4.78 is 0. The number of carbonyl (C=O) groups is 2. The van der Waals surface area contributed by atoms with Crippen molar-refractivity contribution in [2.45, 2.75) is 32.2 Å². The number of benzene rings is 1. The van der Waals surface area contributed by atoms with E-state index in [9.17, 15) is 9.59 Å². The van der Waals surface area contributed by atoms with E-state index in [0.29, 0.717) is 17.8 Å². The molecule has 24 heavy (non-hydrogen) atoms. The van der Waals surface area contributed by atoms with E-state index >= 15 is 0 Å². The number of carbonyl (C=O) groups excluding carboxylic acids is 2. The second kappa shape index (κ2) is 7.25. The van der Waals surface area contributed by atoms with E-state index in [4.69, 9.17) is 0 Å². The molecule has 2 aromatic rings. The van der Waals surface area contributed by atoms with Crippen LogP contribution in [0.25, 0.3) is 0 Å². The van der Waals surface area contributed by atoms with Gasteiger partial charge in [0.15, 0.2) is 0 Å². The first-order valence-corrected chi connectivity index (χ1v) is 8.24. The van der Waals surface area contributed by atoms with Gasteiger partial charge in [-0.3, -0.25) is 14.6 Å². The van der Waals surface area contributed by atoms with Gasteiger partial charge in [-0.1, -0.05) is 18.2 Å². The van der Waals surface area contributed by atoms with Crippen LogP contribution in [0.2, 0.25) is 0 Å². The summed E-state index contributed by atoms with van der Waals surface area (Å²) >= 11 is 0. The van der Waals surface area contributed by atoms with Gasteiger partial charge in [-0.2, -0.15) is 0 Å². The zero-order valence-corrected chi connectivity index (χ0v) is 13.7. The standard InChI is InChI=1S/C19H21N3O2/c1-14(23)21-17-9-3-2-8-16(17)19(24)22-12-5-4-10-18(22)15-7-6-11-20-13-15/h2-3,6-9,11,13,18H,4-5,10,12H2,1H3,(H,21,23)/t18-/m0/s1. The number of pyridine rings is 1. The van der Waals surface area contributed by atoms with Crippen LogP contribution in [0.1, 0.15) is 48.1 Å². The third-order valence-corrected chi connectivity index (χ3v) is 4.30. The highest BCUT2D eigenvalue weighted by Crippen LogP contribution is 2.32. The Hall–Kier alpha value is -2.69. The van der Waals surface area contributed by atoms with E-state index in [1.165, 1.54) is 6.92 Å². The molecule has 1 saturated heterocycles. The SMILES string of the molecule is CC(=O)Nc1ccccc1C(=O)N1CCCC[C@H]1c1cccnc1. The molecule has 0 unspecified atom stereocenters. The summed E-state index contributed by atoms with van der Waals surface area (Å²) in [5.74, 6) is -0.231. The number of nitrogens with zero attached hydrogens (tertiary/aromatic N) is 2. The fourth-order valence-electron chi connectivity index (χ4n) is 3.22. The normalized spacial score (nSPS) is 17.4. The number of rotatable bonds is 3. The van der Waals surface area contributed by atoms with Gasteiger partial charge in [-0.15, -0.1) is 0 Å². The minimum Gasteiger partial charge on any atom is -0.331 e. The van der Waals surface area contributed by atoms with Crippen molar-refractivity contribution < 1.29 is 9.59 Å². The molecule has 1 aromatic heterocycles. The van der Waals surface area contributed by atoms with Crippen molar-refractivity contribution in [3.8, 4) is 0 Å². The molecule has 2 heterocycles. The maximum Gasteiger partial charge on any atom is 0.256 e. The fourth-order valence-corrected chi connectivity index (χ4v) is 3.22. The highest BCUT2D eigenvalue weighted by atomic mass is 16.2. The highest BCUT2D eigenvalue weighted by Gasteiger charge is 2.29. The van der Waals surface area contributed by atoms with E-state index < -0.39 is 0 Å². The lowest BCUT2D eigenvalue weighted by Gasteiger charge is -2.36. The van der Waals surface area contributed by atoms with Gasteiger partial charge in [0.25, 0.3) is 5.91 Å². The number of aromatic nitrogens is 1. The number of amides is 2. The number of para-hydroxylation sites is 1. The van der Waals surface area contributed by atoms with Crippen LogP contribution >= 0.6 is 0 Å². The molecule has 3 rings (SSSR count). The number of hydrogen-bond acceptors (Lipinski definition) is 3. The Balaban J connectivity index is 1.91. The Labute approximate surface area is 141 Å². The van der Waals surface area contributed by atoms with Crippen LogP contribution in [0.15, 0.2) is 48.8 Å². The number of nitrogens with one attached hydrogen (secondary N) is 1. The summed E-state index contributed by atoms with van der Waals surface area (Å²) in [7, 11) is 0. The molecule has 1 aromatic carbocycles. The topological polar surface area (TPSA) is 62.3 Å². The van der Waals surface area contributed by atoms with Crippen molar-refractivity contribution in [1.82, 2.24) is 9.88 Å². The van der Waals surface area contributed by atoms with Gasteiger partial charge < -0.3 is 10.2 Å². The number of likely N-dealkylation sites (tertiary alicyclic amines) is 1. The molecule has 0 radical (unpaired) electrons. The van der Waals surface area contributed by atoms with Crippen LogP contribution in [-0.4, -0.2) is 28.2 Å². The zero-order valence-electron chi connectivity index (χ0n) is 13.7. The maximum atomic E-state index is 13.1. The first-order valence-electron chi connectivity index (χ1n) is 8.24. The lowest BCUT2D eigenvalue weighted by molar-refractivity contribution is -0.114. The van der Waals surface area contributed by atoms with Crippen molar-refractivity contribution in [3.63, 3.8) is 0 Å². The summed E-state index contributed by atoms with van der Waals surface area (Å²) in [5, 5.41) is 2.75. The average molecular weight is 323 g/mol. The number of piperidine rings is 1. The summed E-state index contributed by atoms with van der Waals surface area (Å²) in [4.78, 5) is 30.6. The minimum absolute atomic E-state index is 0.0327. The fraction of sp³-hybridized carbons (Fsp3) is 0.316. The molecule has 2 amide bonds. The molecule has 1 atom stereocenters. The Kier molecular flexibility index (Phi) is 4.89. The Morgan fingerprint density at radius 2 is 2.00 bits per heavy atom. The van der Waals surface area contributed by atoms with Crippen LogP contribution in [-0.2, 0) is 4.79 Å². The third kappa shape index (κ3) is 3.45. The van der Waals surface area contributed by atoms with E-state index in [-0.39, 0.29) is 17.9 Å². The van der Waals surface area contributed by atoms with Crippen molar-refractivity contribution in [2.75, 3.05) is 11.9 Å². The van der Waals surface area contributed by atoms with E-state index in [1.807, 2.05) is 35.4 Å². The molecule has 1 fully saturated rings. The summed E-state index contributed by atoms with van der Waals surface area (Å²) in [5.41, 5.74) is 2.15. The van der Waals surface area contributed by atoms with Crippen LogP contribution in [0.3, 0.4) is 0 Å². The Morgan fingerprint density at radius 3 is 2.75 bits per heavy atom. The second-order valence-electron chi connectivity index (χ2n) is 6.02. The van der Waals surface area contributed by atoms with E-state index in [1.54, 1.807) is 18.3 Å². The Morgan fingerprint density at radius 1 is 1.17 bits per heavy atom. The molecule has 0 spiro atoms. The molecule has 0 aliphatic carbocycles. The molecular weight excluding hydrogens is 302 g/mol. The van der Waals surface area contributed by atoms with Gasteiger partial charge in [0, 0.05) is 25.9 Å². The molecule has 0 saturated carbocycles. The van der Waals surface area contributed by atoms with Crippen molar-refractivity contribution in [1.29, 1.82) is 0 Å². The molecule has 5 nitrogen and oxygen atoms in total. The van der Waals surface area contributed by atoms with Gasteiger partial charge in [0.1, 0.15) is 0 Å². The van der Waals surface area contributed by atoms with Gasteiger partial charge in [0.05, 0.1) is 17.3 Å². The van der Waals surface area contributed by atoms with Crippen molar-refractivity contribution in [3.05, 3.63) is 59.9 Å². The van der Waals surface area contributed by atoms with Gasteiger partial charge in [-0.25, -0.2) is 0 Å². The first kappa shape index (κ1) is 16.2. The van der Waals surface area contributed by atoms with Crippen LogP contribution in [0.4, 0.5) is 5.69 Å². The maximum absolute atomic E-state index is 13.1. The third-order valence-electron chi connectivity index (χ3n) is 4.30. The van der Waals surface area contributed by atoms with Gasteiger partial charge >= 0.3 is 0 Å². The predicted molar refractivity (Wildman–Crippen MR) is 92.6 cm³/mol. The number of anilines is 1. The van der Waals surface area contributed by atoms with Crippen molar-refractivity contribution in [2.24, 2.45) is 0 Å². The zero-order chi connectivity index (χ0) is 16.9.